The molecule has 2 N–H and O–H groups in total. The van der Waals surface area contributed by atoms with E-state index in [0.29, 0.717) is 23.1 Å². The Balaban J connectivity index is 1.57. The van der Waals surface area contributed by atoms with Crippen LogP contribution in [-0.2, 0) is 18.9 Å². The molecule has 2 aromatic rings. The van der Waals surface area contributed by atoms with Gasteiger partial charge in [-0.05, 0) is 51.1 Å². The number of likely N-dealkylation sites (N-methyl/N-ethyl adjacent to an activating group) is 1. The first kappa shape index (κ1) is 28.9. The smallest absolute Gasteiger partial charge is 0.531 e. The number of carbonyl (C=O) groups is 3. The fourth-order valence-electron chi connectivity index (χ4n) is 6.38. The fourth-order valence-corrected chi connectivity index (χ4v) is 6.38. The monoisotopic (exact) mass is 537 g/mol. The van der Waals surface area contributed by atoms with Gasteiger partial charge in [0.05, 0.1) is 24.4 Å². The maximum atomic E-state index is 13.7. The van der Waals surface area contributed by atoms with E-state index in [1.165, 1.54) is 6.92 Å². The predicted molar refractivity (Wildman–Crippen MR) is 148 cm³/mol. The molecule has 0 radical (unpaired) electrons. The minimum atomic E-state index is -2.17. The van der Waals surface area contributed by atoms with E-state index in [9.17, 15) is 19.5 Å². The number of quaternary nitrogens is 1. The highest BCUT2D eigenvalue weighted by molar-refractivity contribution is 6.65. The number of carbonyl (C=O) groups excluding carboxylic acids is 3. The van der Waals surface area contributed by atoms with E-state index in [4.69, 9.17) is 9.31 Å². The Hall–Kier alpha value is -3.08. The van der Waals surface area contributed by atoms with E-state index in [1.807, 2.05) is 71.1 Å². The Morgan fingerprint density at radius 3 is 2.46 bits per heavy atom. The lowest BCUT2D eigenvalue weighted by Gasteiger charge is -2.51. The molecule has 4 rings (SSSR count). The van der Waals surface area contributed by atoms with Gasteiger partial charge in [0.1, 0.15) is 17.8 Å². The van der Waals surface area contributed by atoms with Gasteiger partial charge in [0, 0.05) is 12.6 Å². The van der Waals surface area contributed by atoms with E-state index >= 15 is 0 Å². The van der Waals surface area contributed by atoms with Gasteiger partial charge in [0.2, 0.25) is 0 Å². The molecule has 0 bridgehead atoms. The average Bonchev–Trinajstić information content (AvgIpc) is 3.28. The summed E-state index contributed by atoms with van der Waals surface area (Å²) in [5.41, 5.74) is 1.64. The number of pyridine rings is 1. The number of benzene rings is 1. The van der Waals surface area contributed by atoms with Gasteiger partial charge in [0.25, 0.3) is 5.91 Å². The molecule has 0 spiro atoms. The number of fused-ring (bicyclic) bond motifs is 1. The van der Waals surface area contributed by atoms with E-state index in [-0.39, 0.29) is 35.8 Å². The largest absolute Gasteiger partial charge is 0.610 e. The minimum absolute atomic E-state index is 0.00787. The first-order chi connectivity index (χ1) is 18.4. The van der Waals surface area contributed by atoms with Crippen molar-refractivity contribution in [1.29, 1.82) is 0 Å². The first-order valence-electron chi connectivity index (χ1n) is 13.8. The van der Waals surface area contributed by atoms with Crippen LogP contribution in [0.3, 0.4) is 0 Å². The summed E-state index contributed by atoms with van der Waals surface area (Å²) in [7, 11) is 1.98. The van der Waals surface area contributed by atoms with Crippen molar-refractivity contribution >= 4 is 24.3 Å². The molecular weight excluding hydrogens is 497 g/mol. The summed E-state index contributed by atoms with van der Waals surface area (Å²) >= 11 is 0. The summed E-state index contributed by atoms with van der Waals surface area (Å²) in [6, 6.07) is 13.0. The topological polar surface area (TPSA) is 115 Å². The fraction of sp³-hybridized carbons (Fsp3) is 0.517. The first-order valence-corrected chi connectivity index (χ1v) is 13.8. The third-order valence-electron chi connectivity index (χ3n) is 8.76. The molecule has 1 aromatic heterocycles. The predicted octanol–water partition coefficient (Wildman–Crippen LogP) is 3.35. The summed E-state index contributed by atoms with van der Waals surface area (Å²) in [6.45, 7) is 7.71. The van der Waals surface area contributed by atoms with Crippen molar-refractivity contribution in [3.63, 3.8) is 0 Å². The summed E-state index contributed by atoms with van der Waals surface area (Å²) < 4.78 is 12.6. The highest BCUT2D eigenvalue weighted by Gasteiger charge is 2.70. The molecule has 1 amide bonds. The second kappa shape index (κ2) is 11.2. The number of amides is 1. The van der Waals surface area contributed by atoms with Crippen molar-refractivity contribution in [2.75, 3.05) is 13.7 Å². The van der Waals surface area contributed by atoms with Gasteiger partial charge < -0.3 is 24.1 Å². The van der Waals surface area contributed by atoms with Gasteiger partial charge in [-0.2, -0.15) is 0 Å². The minimum Gasteiger partial charge on any atom is -0.610 e. The number of ketones is 1. The Kier molecular flexibility index (Phi) is 8.30. The van der Waals surface area contributed by atoms with Crippen LogP contribution in [0.2, 0.25) is 5.82 Å². The quantitative estimate of drug-likeness (QED) is 0.447. The Bertz CT molecular complexity index is 1220. The molecule has 9 nitrogen and oxygen atoms in total. The number of hydrogen-bond acceptors (Lipinski definition) is 7. The van der Waals surface area contributed by atoms with Gasteiger partial charge in [0.15, 0.2) is 5.78 Å². The molecule has 1 aromatic carbocycles. The van der Waals surface area contributed by atoms with Crippen LogP contribution in [0, 0.1) is 5.92 Å². The molecule has 7 atom stereocenters. The molecule has 0 aliphatic carbocycles. The molecule has 2 aliphatic heterocycles. The van der Waals surface area contributed by atoms with Crippen molar-refractivity contribution in [1.82, 2.24) is 10.3 Å². The lowest BCUT2D eigenvalue weighted by atomic mass is 9.51. The van der Waals surface area contributed by atoms with E-state index in [1.54, 1.807) is 12.1 Å². The number of nitrogens with one attached hydrogen (secondary N) is 1. The summed E-state index contributed by atoms with van der Waals surface area (Å²) in [6.07, 6.45) is -0.558. The number of aliphatic hydroxyl groups excluding tert-OH is 1. The van der Waals surface area contributed by atoms with E-state index < -0.39 is 36.6 Å². The van der Waals surface area contributed by atoms with Crippen LogP contribution in [0.1, 0.15) is 57.9 Å². The zero-order chi connectivity index (χ0) is 28.5. The SMILES string of the molecule is CC(C)C[C@H](CC(=O)[C@@H](NC(=O)c1cccc(-c2ccccc2)n1)[C@@H](C)O)[B-]12OC[C@H](C)[N+]1(C)[C@H](C)C(=O)O2. The van der Waals surface area contributed by atoms with E-state index in [0.717, 1.165) is 5.56 Å². The van der Waals surface area contributed by atoms with Crippen LogP contribution in [0.15, 0.2) is 48.5 Å². The van der Waals surface area contributed by atoms with Gasteiger partial charge in [-0.3, -0.25) is 9.59 Å². The average molecular weight is 537 g/mol. The number of Topliss-reactive ketones (excluding diaryl/α,β-unsaturated/α-hetero) is 1. The maximum Gasteiger partial charge on any atom is 0.531 e. The van der Waals surface area contributed by atoms with Crippen molar-refractivity contribution < 1.29 is 33.2 Å². The lowest BCUT2D eigenvalue weighted by Crippen LogP contribution is -2.68. The van der Waals surface area contributed by atoms with Crippen molar-refractivity contribution in [2.24, 2.45) is 5.92 Å². The Morgan fingerprint density at radius 1 is 1.13 bits per heavy atom. The molecule has 0 saturated carbocycles. The number of aromatic nitrogens is 1. The van der Waals surface area contributed by atoms with Crippen LogP contribution in [0.4, 0.5) is 0 Å². The summed E-state index contributed by atoms with van der Waals surface area (Å²) in [5, 5.41) is 13.3. The van der Waals surface area contributed by atoms with Gasteiger partial charge in [-0.15, -0.1) is 0 Å². The van der Waals surface area contributed by atoms with Gasteiger partial charge >= 0.3 is 12.7 Å². The van der Waals surface area contributed by atoms with E-state index in [2.05, 4.69) is 10.3 Å². The zero-order valence-corrected chi connectivity index (χ0v) is 23.7. The zero-order valence-electron chi connectivity index (χ0n) is 23.7. The van der Waals surface area contributed by atoms with Crippen LogP contribution in [0.25, 0.3) is 11.3 Å². The second-order valence-corrected chi connectivity index (χ2v) is 11.8. The third-order valence-corrected chi connectivity index (χ3v) is 8.76. The third kappa shape index (κ3) is 5.25. The van der Waals surface area contributed by atoms with Crippen molar-refractivity contribution in [2.45, 2.75) is 77.5 Å². The molecule has 2 fully saturated rings. The summed E-state index contributed by atoms with van der Waals surface area (Å²) in [4.78, 5) is 44.2. The standard InChI is InChI=1S/C29H40BN3O6/c1-18(2)15-23(30-33(6,19(3)17-38-30)20(4)29(37)39-30)16-26(35)27(21(5)34)32-28(36)25-14-10-13-24(31-25)22-11-8-7-9-12-22/h7-14,18-21,23,27,34H,15-17H2,1-6H3,(H,32,36)/t19-,20+,21+,23+,27-,30?,33?/m0/s1. The number of aliphatic hydroxyl groups is 1. The highest BCUT2D eigenvalue weighted by Crippen LogP contribution is 2.50. The number of hydrogen-bond donors (Lipinski definition) is 2. The highest BCUT2D eigenvalue weighted by atomic mass is 16.7. The summed E-state index contributed by atoms with van der Waals surface area (Å²) in [5.74, 6) is -1.42. The van der Waals surface area contributed by atoms with Crippen molar-refractivity contribution in [3.8, 4) is 11.3 Å². The molecule has 3 heterocycles. The second-order valence-electron chi connectivity index (χ2n) is 11.8. The number of nitrogens with zero attached hydrogens (tertiary/aromatic N) is 2. The van der Waals surface area contributed by atoms with Crippen LogP contribution >= 0.6 is 0 Å². The normalized spacial score (nSPS) is 28.5. The molecular formula is C29H40BN3O6. The van der Waals surface area contributed by atoms with Crippen LogP contribution in [-0.4, -0.2) is 76.7 Å². The molecule has 10 heteroatoms. The molecule has 2 aliphatic rings. The molecule has 2 unspecified atom stereocenters. The Morgan fingerprint density at radius 2 is 1.82 bits per heavy atom. The van der Waals surface area contributed by atoms with Crippen molar-refractivity contribution in [3.05, 3.63) is 54.2 Å². The van der Waals surface area contributed by atoms with Gasteiger partial charge in [-0.1, -0.05) is 56.7 Å². The molecule has 2 saturated heterocycles. The van der Waals surface area contributed by atoms with Gasteiger partial charge in [-0.25, -0.2) is 9.78 Å². The number of rotatable bonds is 10. The Labute approximate surface area is 230 Å². The molecule has 210 valence electrons. The lowest BCUT2D eigenvalue weighted by molar-refractivity contribution is -0.844. The van der Waals surface area contributed by atoms with Crippen LogP contribution < -0.4 is 5.32 Å². The van der Waals surface area contributed by atoms with Crippen LogP contribution in [0.5, 0.6) is 0 Å². The maximum absolute atomic E-state index is 13.7. The molecule has 39 heavy (non-hydrogen) atoms.